The summed E-state index contributed by atoms with van der Waals surface area (Å²) in [7, 11) is 1.65. The van der Waals surface area contributed by atoms with Crippen LogP contribution < -0.4 is 10.6 Å². The number of carbonyl (C=O) groups excluding carboxylic acids is 1. The van der Waals surface area contributed by atoms with Crippen molar-refractivity contribution in [2.24, 2.45) is 0 Å². The molecule has 1 atom stereocenters. The van der Waals surface area contributed by atoms with Crippen LogP contribution in [0.25, 0.3) is 0 Å². The number of hydrogen-bond acceptors (Lipinski definition) is 3. The molecule has 0 radical (unpaired) electrons. The summed E-state index contributed by atoms with van der Waals surface area (Å²) in [4.78, 5) is 17.0. The number of aryl methyl sites for hydroxylation is 1. The van der Waals surface area contributed by atoms with E-state index in [1.54, 1.807) is 19.3 Å². The van der Waals surface area contributed by atoms with E-state index in [-0.39, 0.29) is 11.0 Å². The fourth-order valence-electron chi connectivity index (χ4n) is 2.11. The second kappa shape index (κ2) is 7.33. The number of nitrogens with one attached hydrogen (secondary N) is 2. The Bertz CT molecular complexity index is 705. The molecule has 1 aromatic heterocycles. The first-order chi connectivity index (χ1) is 10.5. The first kappa shape index (κ1) is 16.4. The smallest absolute Gasteiger partial charge is 0.239 e. The van der Waals surface area contributed by atoms with Gasteiger partial charge in [0.15, 0.2) is 5.11 Å². The molecular weight excluding hydrogens is 318 g/mol. The minimum atomic E-state index is -0.625. The van der Waals surface area contributed by atoms with E-state index in [1.165, 1.54) is 0 Å². The molecule has 114 valence electrons. The third-order valence-corrected chi connectivity index (χ3v) is 3.82. The topological polar surface area (TPSA) is 54.0 Å². The van der Waals surface area contributed by atoms with Gasteiger partial charge in [-0.25, -0.2) is 0 Å². The molecule has 0 saturated heterocycles. The molecular formula is C16H16ClN3OS. The lowest BCUT2D eigenvalue weighted by atomic mass is 9.93. The lowest BCUT2D eigenvalue weighted by Gasteiger charge is -2.18. The van der Waals surface area contributed by atoms with Gasteiger partial charge in [-0.15, -0.1) is 0 Å². The number of amides is 1. The van der Waals surface area contributed by atoms with Gasteiger partial charge < -0.3 is 10.6 Å². The summed E-state index contributed by atoms with van der Waals surface area (Å²) in [5.41, 5.74) is 2.34. The van der Waals surface area contributed by atoms with Crippen LogP contribution in [0.4, 0.5) is 0 Å². The minimum absolute atomic E-state index is 0.259. The number of carbonyl (C=O) groups is 1. The molecule has 1 unspecified atom stereocenters. The van der Waals surface area contributed by atoms with Gasteiger partial charge in [-0.3, -0.25) is 9.78 Å². The predicted octanol–water partition coefficient (Wildman–Crippen LogP) is 2.80. The van der Waals surface area contributed by atoms with Gasteiger partial charge in [0.05, 0.1) is 5.69 Å². The molecule has 2 aromatic rings. The lowest BCUT2D eigenvalue weighted by molar-refractivity contribution is -0.120. The normalized spacial score (nSPS) is 11.6. The van der Waals surface area contributed by atoms with Gasteiger partial charge in [-0.2, -0.15) is 0 Å². The molecule has 0 aliphatic carbocycles. The van der Waals surface area contributed by atoms with Crippen molar-refractivity contribution in [2.75, 3.05) is 7.05 Å². The Morgan fingerprint density at radius 1 is 1.32 bits per heavy atom. The highest BCUT2D eigenvalue weighted by Gasteiger charge is 2.26. The summed E-state index contributed by atoms with van der Waals surface area (Å²) in [6.07, 6.45) is 1.68. The van der Waals surface area contributed by atoms with Crippen molar-refractivity contribution in [2.45, 2.75) is 12.8 Å². The summed E-state index contributed by atoms with van der Waals surface area (Å²) in [6, 6.07) is 11.0. The number of pyridine rings is 1. The van der Waals surface area contributed by atoms with Crippen molar-refractivity contribution in [1.82, 2.24) is 15.6 Å². The maximum Gasteiger partial charge on any atom is 0.239 e. The number of benzene rings is 1. The third-order valence-electron chi connectivity index (χ3n) is 3.17. The molecule has 2 rings (SSSR count). The highest BCUT2D eigenvalue weighted by molar-refractivity contribution is 7.80. The number of aromatic nitrogens is 1. The predicted molar refractivity (Wildman–Crippen MR) is 92.1 cm³/mol. The zero-order chi connectivity index (χ0) is 16.1. The Morgan fingerprint density at radius 3 is 2.68 bits per heavy atom. The van der Waals surface area contributed by atoms with E-state index < -0.39 is 5.92 Å². The fraction of sp³-hybridized carbons (Fsp3) is 0.188. The van der Waals surface area contributed by atoms with E-state index in [2.05, 4.69) is 15.6 Å². The van der Waals surface area contributed by atoms with Crippen LogP contribution in [-0.4, -0.2) is 23.1 Å². The van der Waals surface area contributed by atoms with E-state index in [0.29, 0.717) is 16.3 Å². The van der Waals surface area contributed by atoms with Crippen LogP contribution in [0.3, 0.4) is 0 Å². The molecule has 1 amide bonds. The molecule has 0 fully saturated rings. The fourth-order valence-corrected chi connectivity index (χ4v) is 2.45. The van der Waals surface area contributed by atoms with Gasteiger partial charge in [0.25, 0.3) is 0 Å². The van der Waals surface area contributed by atoms with Crippen molar-refractivity contribution >= 4 is 34.8 Å². The van der Waals surface area contributed by atoms with Gasteiger partial charge in [-0.1, -0.05) is 29.8 Å². The van der Waals surface area contributed by atoms with Crippen LogP contribution in [0.5, 0.6) is 0 Å². The van der Waals surface area contributed by atoms with E-state index in [1.807, 2.05) is 37.3 Å². The minimum Gasteiger partial charge on any atom is -0.365 e. The van der Waals surface area contributed by atoms with Crippen molar-refractivity contribution in [3.05, 3.63) is 64.4 Å². The molecule has 1 heterocycles. The average Bonchev–Trinajstić information content (AvgIpc) is 2.49. The van der Waals surface area contributed by atoms with E-state index in [4.69, 9.17) is 23.8 Å². The Morgan fingerprint density at radius 2 is 2.05 bits per heavy atom. The monoisotopic (exact) mass is 333 g/mol. The molecule has 4 nitrogen and oxygen atoms in total. The molecule has 2 N–H and O–H groups in total. The standard InChI is InChI=1S/C16H16ClN3OS/c1-10-7-8-19-13(9-10)14(15(21)20-16(22)18-2)11-5-3-4-6-12(11)17/h3-9,14H,1-2H3,(H2,18,20,21,22). The summed E-state index contributed by atoms with van der Waals surface area (Å²) in [5.74, 6) is -0.898. The van der Waals surface area contributed by atoms with Crippen LogP contribution in [0.1, 0.15) is 22.7 Å². The molecule has 0 aliphatic rings. The Kier molecular flexibility index (Phi) is 5.46. The van der Waals surface area contributed by atoms with Crippen molar-refractivity contribution in [3.8, 4) is 0 Å². The maximum atomic E-state index is 12.6. The Balaban J connectivity index is 2.48. The maximum absolute atomic E-state index is 12.6. The van der Waals surface area contributed by atoms with E-state index in [9.17, 15) is 4.79 Å². The zero-order valence-electron chi connectivity index (χ0n) is 12.3. The SMILES string of the molecule is CNC(=S)NC(=O)C(c1cc(C)ccn1)c1ccccc1Cl. The van der Waals surface area contributed by atoms with Crippen LogP contribution in [0.2, 0.25) is 5.02 Å². The first-order valence-corrected chi connectivity index (χ1v) is 7.51. The van der Waals surface area contributed by atoms with Crippen LogP contribution in [-0.2, 0) is 4.79 Å². The van der Waals surface area contributed by atoms with E-state index >= 15 is 0 Å². The lowest BCUT2D eigenvalue weighted by Crippen LogP contribution is -2.40. The van der Waals surface area contributed by atoms with Gasteiger partial charge >= 0.3 is 0 Å². The Hall–Kier alpha value is -1.98. The summed E-state index contributed by atoms with van der Waals surface area (Å²) >= 11 is 11.3. The average molecular weight is 334 g/mol. The number of hydrogen-bond donors (Lipinski definition) is 2. The van der Waals surface area contributed by atoms with Gasteiger partial charge in [0.2, 0.25) is 5.91 Å². The highest BCUT2D eigenvalue weighted by Crippen LogP contribution is 2.29. The summed E-state index contributed by atoms with van der Waals surface area (Å²) in [6.45, 7) is 1.95. The summed E-state index contributed by atoms with van der Waals surface area (Å²) in [5, 5.41) is 6.16. The third kappa shape index (κ3) is 3.81. The van der Waals surface area contributed by atoms with Gasteiger partial charge in [0.1, 0.15) is 5.92 Å². The number of rotatable bonds is 3. The highest BCUT2D eigenvalue weighted by atomic mass is 35.5. The van der Waals surface area contributed by atoms with Crippen LogP contribution in [0.15, 0.2) is 42.6 Å². The molecule has 1 aromatic carbocycles. The molecule has 22 heavy (non-hydrogen) atoms. The molecule has 0 aliphatic heterocycles. The van der Waals surface area contributed by atoms with E-state index in [0.717, 1.165) is 5.56 Å². The molecule has 0 spiro atoms. The number of nitrogens with zero attached hydrogens (tertiary/aromatic N) is 1. The zero-order valence-corrected chi connectivity index (χ0v) is 13.8. The molecule has 0 bridgehead atoms. The quantitative estimate of drug-likeness (QED) is 0.848. The van der Waals surface area contributed by atoms with Gasteiger partial charge in [0, 0.05) is 18.3 Å². The van der Waals surface area contributed by atoms with Gasteiger partial charge in [-0.05, 0) is 48.5 Å². The number of halogens is 1. The Labute approximate surface area is 139 Å². The molecule has 6 heteroatoms. The molecule has 0 saturated carbocycles. The van der Waals surface area contributed by atoms with Crippen molar-refractivity contribution in [1.29, 1.82) is 0 Å². The largest absolute Gasteiger partial charge is 0.365 e. The first-order valence-electron chi connectivity index (χ1n) is 6.72. The second-order valence-corrected chi connectivity index (χ2v) is 5.60. The van der Waals surface area contributed by atoms with Crippen LogP contribution >= 0.6 is 23.8 Å². The second-order valence-electron chi connectivity index (χ2n) is 4.78. The van der Waals surface area contributed by atoms with Crippen molar-refractivity contribution < 1.29 is 4.79 Å². The van der Waals surface area contributed by atoms with Crippen LogP contribution in [0, 0.1) is 6.92 Å². The summed E-state index contributed by atoms with van der Waals surface area (Å²) < 4.78 is 0. The number of thiocarbonyl (C=S) groups is 1. The van der Waals surface area contributed by atoms with Crippen molar-refractivity contribution in [3.63, 3.8) is 0 Å².